The van der Waals surface area contributed by atoms with E-state index in [0.717, 1.165) is 30.4 Å². The van der Waals surface area contributed by atoms with Crippen LogP contribution < -0.4 is 9.47 Å². The van der Waals surface area contributed by atoms with Gasteiger partial charge in [-0.15, -0.1) is 0 Å². The molecule has 1 aliphatic carbocycles. The van der Waals surface area contributed by atoms with Crippen LogP contribution in [0.15, 0.2) is 10.5 Å². The molecule has 0 unspecified atom stereocenters. The van der Waals surface area contributed by atoms with Crippen molar-refractivity contribution in [2.45, 2.75) is 44.4 Å². The van der Waals surface area contributed by atoms with Gasteiger partial charge in [0.1, 0.15) is 0 Å². The minimum atomic E-state index is -0.833. The number of carbonyl (C=O) groups is 1. The lowest BCUT2D eigenvalue weighted by Crippen LogP contribution is -2.39. The highest BCUT2D eigenvalue weighted by Crippen LogP contribution is 2.49. The van der Waals surface area contributed by atoms with Crippen LogP contribution >= 0.6 is 15.9 Å². The summed E-state index contributed by atoms with van der Waals surface area (Å²) in [6.45, 7) is 1.93. The summed E-state index contributed by atoms with van der Waals surface area (Å²) in [7, 11) is 3.15. The third kappa shape index (κ3) is 2.63. The number of halogens is 1. The molecule has 116 valence electrons. The lowest BCUT2D eigenvalue weighted by molar-refractivity contribution is -0.145. The Labute approximate surface area is 133 Å². The van der Waals surface area contributed by atoms with Crippen LogP contribution in [0.1, 0.15) is 43.2 Å². The first-order valence-electron chi connectivity index (χ1n) is 7.13. The summed E-state index contributed by atoms with van der Waals surface area (Å²) in [5, 5.41) is 9.89. The van der Waals surface area contributed by atoms with Gasteiger partial charge < -0.3 is 14.6 Å². The van der Waals surface area contributed by atoms with Crippen molar-refractivity contribution in [3.63, 3.8) is 0 Å². The van der Waals surface area contributed by atoms with Crippen molar-refractivity contribution in [2.24, 2.45) is 0 Å². The van der Waals surface area contributed by atoms with Crippen molar-refractivity contribution in [3.8, 4) is 11.5 Å². The smallest absolute Gasteiger partial charge is 0.314 e. The average Bonchev–Trinajstić information content (AvgIpc) is 2.47. The van der Waals surface area contributed by atoms with Crippen LogP contribution in [-0.4, -0.2) is 25.3 Å². The van der Waals surface area contributed by atoms with Crippen molar-refractivity contribution in [1.29, 1.82) is 0 Å². The molecule has 1 aliphatic rings. The molecule has 2 rings (SSSR count). The van der Waals surface area contributed by atoms with E-state index in [1.54, 1.807) is 14.2 Å². The Balaban J connectivity index is 2.69. The summed E-state index contributed by atoms with van der Waals surface area (Å²) in [5.41, 5.74) is 0.914. The summed E-state index contributed by atoms with van der Waals surface area (Å²) >= 11 is 3.55. The third-order valence-electron chi connectivity index (χ3n) is 4.40. The molecular formula is C16H21BrO4. The van der Waals surface area contributed by atoms with Crippen LogP contribution in [0, 0.1) is 6.92 Å². The van der Waals surface area contributed by atoms with Gasteiger partial charge in [0.05, 0.1) is 24.1 Å². The molecule has 0 heterocycles. The fourth-order valence-corrected chi connectivity index (χ4v) is 4.43. The number of aliphatic carboxylic acids is 1. The van der Waals surface area contributed by atoms with Crippen LogP contribution in [-0.2, 0) is 10.2 Å². The normalized spacial score (nSPS) is 17.3. The second-order valence-electron chi connectivity index (χ2n) is 5.57. The lowest BCUT2D eigenvalue weighted by atomic mass is 9.68. The highest BCUT2D eigenvalue weighted by atomic mass is 79.9. The Morgan fingerprint density at radius 1 is 1.24 bits per heavy atom. The fraction of sp³-hybridized carbons (Fsp3) is 0.562. The van der Waals surface area contributed by atoms with Crippen molar-refractivity contribution >= 4 is 21.9 Å². The van der Waals surface area contributed by atoms with Crippen LogP contribution in [0.3, 0.4) is 0 Å². The van der Waals surface area contributed by atoms with E-state index in [4.69, 9.17) is 9.47 Å². The molecule has 4 nitrogen and oxygen atoms in total. The topological polar surface area (TPSA) is 55.8 Å². The molecule has 0 amide bonds. The lowest BCUT2D eigenvalue weighted by Gasteiger charge is -2.36. The molecule has 1 N–H and O–H groups in total. The second kappa shape index (κ2) is 6.26. The summed E-state index contributed by atoms with van der Waals surface area (Å²) in [6.07, 6.45) is 4.30. The number of rotatable bonds is 4. The first-order valence-corrected chi connectivity index (χ1v) is 7.92. The average molecular weight is 357 g/mol. The molecule has 0 radical (unpaired) electrons. The number of carboxylic acids is 1. The van der Waals surface area contributed by atoms with Gasteiger partial charge in [-0.25, -0.2) is 0 Å². The molecule has 1 fully saturated rings. The molecule has 0 spiro atoms. The molecule has 0 bridgehead atoms. The number of methoxy groups -OCH3 is 2. The molecule has 0 atom stereocenters. The molecule has 0 saturated heterocycles. The van der Waals surface area contributed by atoms with Gasteiger partial charge in [-0.05, 0) is 52.9 Å². The molecule has 1 saturated carbocycles. The second-order valence-corrected chi connectivity index (χ2v) is 6.36. The monoisotopic (exact) mass is 356 g/mol. The first-order chi connectivity index (χ1) is 9.97. The van der Waals surface area contributed by atoms with E-state index in [0.29, 0.717) is 28.8 Å². The van der Waals surface area contributed by atoms with Crippen LogP contribution in [0.5, 0.6) is 11.5 Å². The van der Waals surface area contributed by atoms with Crippen LogP contribution in [0.2, 0.25) is 0 Å². The van der Waals surface area contributed by atoms with E-state index in [9.17, 15) is 9.90 Å². The SMILES string of the molecule is COc1cc(C)c(C2(C(=O)O)CCCCC2)c(Br)c1OC. The number of aryl methyl sites for hydroxylation is 1. The van der Waals surface area contributed by atoms with E-state index < -0.39 is 11.4 Å². The maximum absolute atomic E-state index is 12.0. The van der Waals surface area contributed by atoms with Crippen molar-refractivity contribution in [3.05, 3.63) is 21.7 Å². The molecule has 1 aromatic carbocycles. The van der Waals surface area contributed by atoms with Gasteiger partial charge in [0.25, 0.3) is 0 Å². The highest BCUT2D eigenvalue weighted by Gasteiger charge is 2.44. The number of hydrogen-bond donors (Lipinski definition) is 1. The Morgan fingerprint density at radius 2 is 1.86 bits per heavy atom. The summed E-state index contributed by atoms with van der Waals surface area (Å²) in [4.78, 5) is 12.0. The molecule has 0 aromatic heterocycles. The Bertz CT molecular complexity index is 548. The quantitative estimate of drug-likeness (QED) is 0.883. The van der Waals surface area contributed by atoms with E-state index in [2.05, 4.69) is 15.9 Å². The van der Waals surface area contributed by atoms with Gasteiger partial charge in [0, 0.05) is 0 Å². The predicted molar refractivity (Wildman–Crippen MR) is 84.4 cm³/mol. The van der Waals surface area contributed by atoms with Crippen LogP contribution in [0.25, 0.3) is 0 Å². The minimum Gasteiger partial charge on any atom is -0.493 e. The molecule has 5 heteroatoms. The van der Waals surface area contributed by atoms with Crippen molar-refractivity contribution in [1.82, 2.24) is 0 Å². The Kier molecular flexibility index (Phi) is 4.81. The van der Waals surface area contributed by atoms with E-state index in [1.807, 2.05) is 13.0 Å². The standard InChI is InChI=1S/C16H21BrO4/c1-10-9-11(20-2)14(21-3)13(17)12(10)16(15(18)19)7-5-4-6-8-16/h9H,4-8H2,1-3H3,(H,18,19). The zero-order chi connectivity index (χ0) is 15.6. The Hall–Kier alpha value is -1.23. The maximum atomic E-state index is 12.0. The number of ether oxygens (including phenoxy) is 2. The zero-order valence-electron chi connectivity index (χ0n) is 12.7. The van der Waals surface area contributed by atoms with Gasteiger partial charge in [0.15, 0.2) is 11.5 Å². The summed E-state index contributed by atoms with van der Waals surface area (Å²) < 4.78 is 11.4. The minimum absolute atomic E-state index is 0.560. The molecule has 21 heavy (non-hydrogen) atoms. The number of carboxylic acid groups (broad SMARTS) is 1. The van der Waals surface area contributed by atoms with Crippen molar-refractivity contribution in [2.75, 3.05) is 14.2 Å². The molecular weight excluding hydrogens is 336 g/mol. The number of hydrogen-bond acceptors (Lipinski definition) is 3. The summed E-state index contributed by atoms with van der Waals surface area (Å²) in [6, 6.07) is 1.86. The molecule has 0 aliphatic heterocycles. The van der Waals surface area contributed by atoms with Gasteiger partial charge in [-0.3, -0.25) is 4.79 Å². The van der Waals surface area contributed by atoms with Gasteiger partial charge in [0.2, 0.25) is 0 Å². The summed E-state index contributed by atoms with van der Waals surface area (Å²) in [5.74, 6) is 0.421. The van der Waals surface area contributed by atoms with Crippen LogP contribution in [0.4, 0.5) is 0 Å². The van der Waals surface area contributed by atoms with Gasteiger partial charge in [-0.1, -0.05) is 19.3 Å². The zero-order valence-corrected chi connectivity index (χ0v) is 14.2. The first kappa shape index (κ1) is 16.1. The van der Waals surface area contributed by atoms with E-state index in [1.165, 1.54) is 0 Å². The highest BCUT2D eigenvalue weighted by molar-refractivity contribution is 9.10. The largest absolute Gasteiger partial charge is 0.493 e. The predicted octanol–water partition coefficient (Wildman–Crippen LogP) is 4.06. The van der Waals surface area contributed by atoms with Gasteiger partial charge >= 0.3 is 5.97 Å². The number of benzene rings is 1. The van der Waals surface area contributed by atoms with E-state index >= 15 is 0 Å². The van der Waals surface area contributed by atoms with Gasteiger partial charge in [-0.2, -0.15) is 0 Å². The van der Waals surface area contributed by atoms with Crippen molar-refractivity contribution < 1.29 is 19.4 Å². The maximum Gasteiger partial charge on any atom is 0.314 e. The third-order valence-corrected chi connectivity index (χ3v) is 5.16. The molecule has 1 aromatic rings. The van der Waals surface area contributed by atoms with E-state index in [-0.39, 0.29) is 0 Å². The Morgan fingerprint density at radius 3 is 2.33 bits per heavy atom. The fourth-order valence-electron chi connectivity index (χ4n) is 3.38.